The van der Waals surface area contributed by atoms with Gasteiger partial charge < -0.3 is 10.4 Å². The van der Waals surface area contributed by atoms with Crippen LogP contribution in [-0.2, 0) is 4.79 Å². The van der Waals surface area contributed by atoms with Crippen LogP contribution in [0.15, 0.2) is 0 Å². The highest BCUT2D eigenvalue weighted by molar-refractivity contribution is 5.74. The number of nitrogens with one attached hydrogen (secondary N) is 1. The largest absolute Gasteiger partial charge is 0.480 e. The van der Waals surface area contributed by atoms with Gasteiger partial charge in [0.1, 0.15) is 6.04 Å². The summed E-state index contributed by atoms with van der Waals surface area (Å²) in [6.45, 7) is 2.16. The third-order valence-corrected chi connectivity index (χ3v) is 4.16. The fourth-order valence-electron chi connectivity index (χ4n) is 2.89. The second-order valence-electron chi connectivity index (χ2n) is 5.51. The van der Waals surface area contributed by atoms with Crippen molar-refractivity contribution in [2.24, 2.45) is 11.8 Å². The van der Waals surface area contributed by atoms with Gasteiger partial charge in [0, 0.05) is 6.04 Å². The van der Waals surface area contributed by atoms with Crippen LogP contribution in [0.25, 0.3) is 0 Å². The lowest BCUT2D eigenvalue weighted by Crippen LogP contribution is -2.46. The highest BCUT2D eigenvalue weighted by atomic mass is 16.4. The second kappa shape index (κ2) is 5.17. The average molecular weight is 225 g/mol. The standard InChI is InChI=1S/C13H23NO2/c1-9(10-5-3-2-4-6-10)14-12(13(15)16)11-7-8-11/h9-12,14H,2-8H2,1H3,(H,15,16). The van der Waals surface area contributed by atoms with Crippen molar-refractivity contribution in [3.8, 4) is 0 Å². The maximum atomic E-state index is 11.1. The van der Waals surface area contributed by atoms with E-state index < -0.39 is 5.97 Å². The van der Waals surface area contributed by atoms with Gasteiger partial charge in [-0.3, -0.25) is 4.79 Å². The van der Waals surface area contributed by atoms with Crippen molar-refractivity contribution >= 4 is 5.97 Å². The summed E-state index contributed by atoms with van der Waals surface area (Å²) in [6, 6.07) is 0.0685. The maximum Gasteiger partial charge on any atom is 0.320 e. The van der Waals surface area contributed by atoms with E-state index in [2.05, 4.69) is 12.2 Å². The Hall–Kier alpha value is -0.570. The molecule has 0 bridgehead atoms. The summed E-state index contributed by atoms with van der Waals surface area (Å²) in [5.41, 5.74) is 0. The van der Waals surface area contributed by atoms with Gasteiger partial charge >= 0.3 is 5.97 Å². The number of hydrogen-bond acceptors (Lipinski definition) is 2. The molecule has 0 aromatic rings. The molecule has 0 aliphatic heterocycles. The zero-order valence-corrected chi connectivity index (χ0v) is 10.1. The van der Waals surface area contributed by atoms with Gasteiger partial charge in [0.05, 0.1) is 0 Å². The molecule has 0 spiro atoms. The van der Waals surface area contributed by atoms with Crippen molar-refractivity contribution < 1.29 is 9.90 Å². The molecular formula is C13H23NO2. The summed E-state index contributed by atoms with van der Waals surface area (Å²) in [7, 11) is 0. The number of hydrogen-bond donors (Lipinski definition) is 2. The third kappa shape index (κ3) is 2.97. The molecule has 2 fully saturated rings. The van der Waals surface area contributed by atoms with Crippen molar-refractivity contribution in [2.45, 2.75) is 64.0 Å². The number of carbonyl (C=O) groups is 1. The smallest absolute Gasteiger partial charge is 0.320 e. The van der Waals surface area contributed by atoms with Gasteiger partial charge in [-0.1, -0.05) is 19.3 Å². The predicted octanol–water partition coefficient (Wildman–Crippen LogP) is 2.41. The fraction of sp³-hybridized carbons (Fsp3) is 0.923. The van der Waals surface area contributed by atoms with Gasteiger partial charge in [0.15, 0.2) is 0 Å². The Morgan fingerprint density at radius 1 is 1.12 bits per heavy atom. The van der Waals surface area contributed by atoms with Gasteiger partial charge in [-0.05, 0) is 44.4 Å². The molecule has 92 valence electrons. The van der Waals surface area contributed by atoms with Crippen molar-refractivity contribution in [1.29, 1.82) is 0 Å². The summed E-state index contributed by atoms with van der Waals surface area (Å²) in [5.74, 6) is 0.419. The Kier molecular flexibility index (Phi) is 3.85. The molecule has 3 heteroatoms. The quantitative estimate of drug-likeness (QED) is 0.755. The van der Waals surface area contributed by atoms with E-state index in [1.165, 1.54) is 32.1 Å². The Bertz CT molecular complexity index is 244. The first-order valence-corrected chi connectivity index (χ1v) is 6.67. The van der Waals surface area contributed by atoms with Gasteiger partial charge in [-0.15, -0.1) is 0 Å². The minimum atomic E-state index is -0.662. The molecule has 0 radical (unpaired) electrons. The first kappa shape index (κ1) is 11.9. The molecule has 0 amide bonds. The molecule has 0 heterocycles. The molecule has 2 saturated carbocycles. The first-order valence-electron chi connectivity index (χ1n) is 6.67. The number of carboxylic acid groups (broad SMARTS) is 1. The molecule has 0 aromatic heterocycles. The van der Waals surface area contributed by atoms with E-state index in [0.29, 0.717) is 17.9 Å². The molecule has 16 heavy (non-hydrogen) atoms. The Balaban J connectivity index is 1.83. The molecule has 2 aliphatic rings. The minimum Gasteiger partial charge on any atom is -0.480 e. The van der Waals surface area contributed by atoms with Crippen LogP contribution in [0, 0.1) is 11.8 Å². The lowest BCUT2D eigenvalue weighted by molar-refractivity contribution is -0.140. The zero-order chi connectivity index (χ0) is 11.5. The van der Waals surface area contributed by atoms with E-state index in [-0.39, 0.29) is 6.04 Å². The topological polar surface area (TPSA) is 49.3 Å². The molecule has 2 rings (SSSR count). The molecule has 0 aromatic carbocycles. The fourth-order valence-corrected chi connectivity index (χ4v) is 2.89. The monoisotopic (exact) mass is 225 g/mol. The van der Waals surface area contributed by atoms with Crippen LogP contribution in [0.5, 0.6) is 0 Å². The van der Waals surface area contributed by atoms with Gasteiger partial charge in [0.2, 0.25) is 0 Å². The molecule has 3 nitrogen and oxygen atoms in total. The van der Waals surface area contributed by atoms with Crippen LogP contribution < -0.4 is 5.32 Å². The molecule has 0 saturated heterocycles. The van der Waals surface area contributed by atoms with E-state index in [0.717, 1.165) is 12.8 Å². The lowest BCUT2D eigenvalue weighted by atomic mass is 9.84. The Morgan fingerprint density at radius 2 is 1.75 bits per heavy atom. The first-order chi connectivity index (χ1) is 7.68. The van der Waals surface area contributed by atoms with Crippen molar-refractivity contribution in [3.05, 3.63) is 0 Å². The summed E-state index contributed by atoms with van der Waals surface area (Å²) in [5, 5.41) is 12.5. The summed E-state index contributed by atoms with van der Waals surface area (Å²) in [4.78, 5) is 11.1. The maximum absolute atomic E-state index is 11.1. The molecule has 2 atom stereocenters. The zero-order valence-electron chi connectivity index (χ0n) is 10.1. The summed E-state index contributed by atoms with van der Waals surface area (Å²) >= 11 is 0. The number of rotatable bonds is 5. The van der Waals surface area contributed by atoms with Crippen LogP contribution in [0.2, 0.25) is 0 Å². The van der Waals surface area contributed by atoms with E-state index in [9.17, 15) is 4.79 Å². The molecule has 2 unspecified atom stereocenters. The number of aliphatic carboxylic acids is 1. The predicted molar refractivity (Wildman–Crippen MR) is 63.3 cm³/mol. The van der Waals surface area contributed by atoms with Gasteiger partial charge in [-0.25, -0.2) is 0 Å². The average Bonchev–Trinajstić information content (AvgIpc) is 3.10. The third-order valence-electron chi connectivity index (χ3n) is 4.16. The van der Waals surface area contributed by atoms with Crippen LogP contribution in [0.4, 0.5) is 0 Å². The Morgan fingerprint density at radius 3 is 2.25 bits per heavy atom. The van der Waals surface area contributed by atoms with Crippen LogP contribution in [0.3, 0.4) is 0 Å². The van der Waals surface area contributed by atoms with Crippen LogP contribution in [-0.4, -0.2) is 23.2 Å². The lowest BCUT2D eigenvalue weighted by Gasteiger charge is -2.30. The molecule has 2 N–H and O–H groups in total. The van der Waals surface area contributed by atoms with Crippen molar-refractivity contribution in [1.82, 2.24) is 5.32 Å². The van der Waals surface area contributed by atoms with E-state index in [4.69, 9.17) is 5.11 Å². The second-order valence-corrected chi connectivity index (χ2v) is 5.51. The van der Waals surface area contributed by atoms with E-state index in [1.807, 2.05) is 0 Å². The normalized spacial score (nSPS) is 26.3. The summed E-state index contributed by atoms with van der Waals surface area (Å²) < 4.78 is 0. The van der Waals surface area contributed by atoms with Crippen LogP contribution >= 0.6 is 0 Å². The molecule has 2 aliphatic carbocycles. The van der Waals surface area contributed by atoms with Crippen molar-refractivity contribution in [2.75, 3.05) is 0 Å². The van der Waals surface area contributed by atoms with Crippen LogP contribution in [0.1, 0.15) is 51.9 Å². The van der Waals surface area contributed by atoms with Gasteiger partial charge in [-0.2, -0.15) is 0 Å². The highest BCUT2D eigenvalue weighted by Gasteiger charge is 2.37. The van der Waals surface area contributed by atoms with Gasteiger partial charge in [0.25, 0.3) is 0 Å². The highest BCUT2D eigenvalue weighted by Crippen LogP contribution is 2.34. The Labute approximate surface area is 97.6 Å². The molecular weight excluding hydrogens is 202 g/mol. The SMILES string of the molecule is CC(NC(C(=O)O)C1CC1)C1CCCCC1. The van der Waals surface area contributed by atoms with Crippen molar-refractivity contribution in [3.63, 3.8) is 0 Å². The van der Waals surface area contributed by atoms with E-state index in [1.54, 1.807) is 0 Å². The summed E-state index contributed by atoms with van der Waals surface area (Å²) in [6.07, 6.45) is 8.70. The van der Waals surface area contributed by atoms with E-state index >= 15 is 0 Å². The number of carboxylic acids is 1. The minimum absolute atomic E-state index is 0.295.